The number of benzene rings is 1. The SMILES string of the molecule is Cc1nc([C@H]2COCCN2S(=O)(=O)c2cc(F)ccc2Cl)no1. The van der Waals surface area contributed by atoms with Crippen LogP contribution in [0.3, 0.4) is 0 Å². The van der Waals surface area contributed by atoms with E-state index in [4.69, 9.17) is 20.9 Å². The summed E-state index contributed by atoms with van der Waals surface area (Å²) < 4.78 is 50.6. The van der Waals surface area contributed by atoms with E-state index in [2.05, 4.69) is 10.1 Å². The minimum atomic E-state index is -4.04. The smallest absolute Gasteiger partial charge is 0.245 e. The van der Waals surface area contributed by atoms with Crippen molar-refractivity contribution in [2.75, 3.05) is 19.8 Å². The van der Waals surface area contributed by atoms with Gasteiger partial charge >= 0.3 is 0 Å². The maximum Gasteiger partial charge on any atom is 0.245 e. The molecule has 0 unspecified atom stereocenters. The summed E-state index contributed by atoms with van der Waals surface area (Å²) in [6.45, 7) is 1.96. The number of rotatable bonds is 3. The Morgan fingerprint density at radius 2 is 2.22 bits per heavy atom. The fourth-order valence-electron chi connectivity index (χ4n) is 2.33. The standard InChI is InChI=1S/C13H13ClFN3O4S/c1-8-16-13(17-22-8)11-7-21-5-4-18(11)23(19,20)12-6-9(15)2-3-10(12)14/h2-3,6,11H,4-5,7H2,1H3/t11-/m1/s1. The molecule has 0 amide bonds. The predicted molar refractivity (Wildman–Crippen MR) is 77.9 cm³/mol. The second kappa shape index (κ2) is 6.16. The van der Waals surface area contributed by atoms with E-state index in [1.165, 1.54) is 6.07 Å². The van der Waals surface area contributed by atoms with Crippen LogP contribution in [0.25, 0.3) is 0 Å². The molecule has 0 bridgehead atoms. The molecule has 1 atom stereocenters. The summed E-state index contributed by atoms with van der Waals surface area (Å²) in [7, 11) is -4.04. The third kappa shape index (κ3) is 3.09. The van der Waals surface area contributed by atoms with Crippen LogP contribution in [0, 0.1) is 12.7 Å². The van der Waals surface area contributed by atoms with Gasteiger partial charge in [-0.1, -0.05) is 16.8 Å². The zero-order valence-electron chi connectivity index (χ0n) is 12.1. The number of nitrogens with zero attached hydrogens (tertiary/aromatic N) is 3. The van der Waals surface area contributed by atoms with Gasteiger partial charge in [0.25, 0.3) is 0 Å². The van der Waals surface area contributed by atoms with Gasteiger partial charge < -0.3 is 9.26 Å². The lowest BCUT2D eigenvalue weighted by Gasteiger charge is -2.32. The fourth-order valence-corrected chi connectivity index (χ4v) is 4.37. The van der Waals surface area contributed by atoms with Gasteiger partial charge in [0, 0.05) is 13.5 Å². The molecule has 0 radical (unpaired) electrons. The van der Waals surface area contributed by atoms with Crippen molar-refractivity contribution in [1.82, 2.24) is 14.4 Å². The highest BCUT2D eigenvalue weighted by molar-refractivity contribution is 7.89. The van der Waals surface area contributed by atoms with Gasteiger partial charge in [0.2, 0.25) is 15.9 Å². The van der Waals surface area contributed by atoms with E-state index in [-0.39, 0.29) is 35.5 Å². The molecule has 2 aromatic rings. The van der Waals surface area contributed by atoms with Crippen LogP contribution in [0.5, 0.6) is 0 Å². The van der Waals surface area contributed by atoms with Crippen molar-refractivity contribution in [3.8, 4) is 0 Å². The minimum Gasteiger partial charge on any atom is -0.378 e. The van der Waals surface area contributed by atoms with Crippen LogP contribution < -0.4 is 0 Å². The normalized spacial score (nSPS) is 19.9. The summed E-state index contributed by atoms with van der Waals surface area (Å²) in [6.07, 6.45) is 0. The number of morpholine rings is 1. The van der Waals surface area contributed by atoms with Crippen molar-refractivity contribution in [3.63, 3.8) is 0 Å². The monoisotopic (exact) mass is 361 g/mol. The summed E-state index contributed by atoms with van der Waals surface area (Å²) in [5, 5.41) is 3.70. The third-order valence-corrected chi connectivity index (χ3v) is 5.79. The van der Waals surface area contributed by atoms with Crippen LogP contribution in [0.1, 0.15) is 17.8 Å². The second-order valence-electron chi connectivity index (χ2n) is 4.95. The first-order valence-corrected chi connectivity index (χ1v) is 8.56. The van der Waals surface area contributed by atoms with E-state index in [9.17, 15) is 12.8 Å². The minimum absolute atomic E-state index is 0.0547. The number of hydrogen-bond acceptors (Lipinski definition) is 6. The fraction of sp³-hybridized carbons (Fsp3) is 0.385. The van der Waals surface area contributed by atoms with Gasteiger partial charge in [0.15, 0.2) is 5.82 Å². The van der Waals surface area contributed by atoms with Gasteiger partial charge in [0.1, 0.15) is 16.8 Å². The first kappa shape index (κ1) is 16.3. The van der Waals surface area contributed by atoms with Crippen molar-refractivity contribution in [3.05, 3.63) is 40.8 Å². The van der Waals surface area contributed by atoms with E-state index in [1.807, 2.05) is 0 Å². The molecule has 1 aliphatic heterocycles. The Bertz CT molecular complexity index is 826. The van der Waals surface area contributed by atoms with Crippen LogP contribution in [-0.2, 0) is 14.8 Å². The van der Waals surface area contributed by atoms with E-state index >= 15 is 0 Å². The third-order valence-electron chi connectivity index (χ3n) is 3.40. The highest BCUT2D eigenvalue weighted by atomic mass is 35.5. The van der Waals surface area contributed by atoms with E-state index in [0.717, 1.165) is 16.4 Å². The molecular formula is C13H13ClFN3O4S. The van der Waals surface area contributed by atoms with E-state index in [1.54, 1.807) is 6.92 Å². The van der Waals surface area contributed by atoms with Crippen molar-refractivity contribution in [2.45, 2.75) is 17.9 Å². The van der Waals surface area contributed by atoms with Crippen LogP contribution in [0.4, 0.5) is 4.39 Å². The highest BCUT2D eigenvalue weighted by Crippen LogP contribution is 2.32. The zero-order chi connectivity index (χ0) is 16.6. The quantitative estimate of drug-likeness (QED) is 0.830. The molecule has 7 nitrogen and oxygen atoms in total. The molecule has 2 heterocycles. The maximum absolute atomic E-state index is 13.5. The molecule has 0 aliphatic carbocycles. The summed E-state index contributed by atoms with van der Waals surface area (Å²) in [4.78, 5) is 3.76. The molecular weight excluding hydrogens is 349 g/mol. The molecule has 1 aliphatic rings. The van der Waals surface area contributed by atoms with Crippen molar-refractivity contribution < 1.29 is 22.1 Å². The van der Waals surface area contributed by atoms with Crippen LogP contribution in [0.2, 0.25) is 5.02 Å². The number of aromatic nitrogens is 2. The van der Waals surface area contributed by atoms with Crippen LogP contribution in [-0.4, -0.2) is 42.6 Å². The van der Waals surface area contributed by atoms with Crippen molar-refractivity contribution in [2.24, 2.45) is 0 Å². The van der Waals surface area contributed by atoms with Crippen molar-refractivity contribution >= 4 is 21.6 Å². The number of sulfonamides is 1. The second-order valence-corrected chi connectivity index (χ2v) is 7.22. The van der Waals surface area contributed by atoms with Gasteiger partial charge in [-0.2, -0.15) is 9.29 Å². The molecule has 10 heteroatoms. The number of hydrogen-bond donors (Lipinski definition) is 0. The first-order valence-electron chi connectivity index (χ1n) is 6.74. The summed E-state index contributed by atoms with van der Waals surface area (Å²) in [5.41, 5.74) is 0. The molecule has 1 aromatic heterocycles. The molecule has 0 N–H and O–H groups in total. The zero-order valence-corrected chi connectivity index (χ0v) is 13.6. The van der Waals surface area contributed by atoms with Gasteiger partial charge in [-0.3, -0.25) is 0 Å². The Kier molecular flexibility index (Phi) is 4.37. The molecule has 1 saturated heterocycles. The van der Waals surface area contributed by atoms with Crippen LogP contribution >= 0.6 is 11.6 Å². The lowest BCUT2D eigenvalue weighted by molar-refractivity contribution is 0.0282. The molecule has 1 aromatic carbocycles. The van der Waals surface area contributed by atoms with Gasteiger partial charge in [-0.05, 0) is 18.2 Å². The van der Waals surface area contributed by atoms with Crippen LogP contribution in [0.15, 0.2) is 27.6 Å². The number of aryl methyl sites for hydroxylation is 1. The van der Waals surface area contributed by atoms with Gasteiger partial charge in [-0.25, -0.2) is 12.8 Å². The number of halogens is 2. The lowest BCUT2D eigenvalue weighted by atomic mass is 10.2. The Hall–Kier alpha value is -1.55. The summed E-state index contributed by atoms with van der Waals surface area (Å²) in [5.74, 6) is -0.182. The highest BCUT2D eigenvalue weighted by Gasteiger charge is 2.38. The van der Waals surface area contributed by atoms with Gasteiger partial charge in [0.05, 0.1) is 18.2 Å². The summed E-state index contributed by atoms with van der Waals surface area (Å²) >= 11 is 5.94. The first-order chi connectivity index (χ1) is 10.9. The summed E-state index contributed by atoms with van der Waals surface area (Å²) in [6, 6.07) is 2.44. The lowest BCUT2D eigenvalue weighted by Crippen LogP contribution is -2.43. The largest absolute Gasteiger partial charge is 0.378 e. The number of ether oxygens (including phenoxy) is 1. The Morgan fingerprint density at radius 3 is 2.91 bits per heavy atom. The van der Waals surface area contributed by atoms with Gasteiger partial charge in [-0.15, -0.1) is 0 Å². The Balaban J connectivity index is 2.04. The molecule has 23 heavy (non-hydrogen) atoms. The van der Waals surface area contributed by atoms with E-state index < -0.39 is 21.9 Å². The molecule has 124 valence electrons. The Labute approximate surface area is 137 Å². The average Bonchev–Trinajstić information content (AvgIpc) is 2.96. The molecule has 0 saturated carbocycles. The van der Waals surface area contributed by atoms with Crippen molar-refractivity contribution in [1.29, 1.82) is 0 Å². The molecule has 1 fully saturated rings. The predicted octanol–water partition coefficient (Wildman–Crippen LogP) is 1.93. The topological polar surface area (TPSA) is 85.5 Å². The molecule has 3 rings (SSSR count). The molecule has 0 spiro atoms. The Morgan fingerprint density at radius 1 is 1.43 bits per heavy atom. The average molecular weight is 362 g/mol. The van der Waals surface area contributed by atoms with E-state index in [0.29, 0.717) is 5.89 Å². The maximum atomic E-state index is 13.5.